The Morgan fingerprint density at radius 3 is 2.67 bits per heavy atom. The Kier molecular flexibility index (Phi) is 3.91. The van der Waals surface area contributed by atoms with Crippen molar-refractivity contribution in [1.29, 1.82) is 0 Å². The van der Waals surface area contributed by atoms with Crippen molar-refractivity contribution in [2.24, 2.45) is 11.8 Å². The number of nitrogens with one attached hydrogen (secondary N) is 1. The van der Waals surface area contributed by atoms with E-state index >= 15 is 0 Å². The van der Waals surface area contributed by atoms with Crippen LogP contribution in [-0.4, -0.2) is 29.7 Å². The molecule has 0 aliphatic carbocycles. The first-order chi connectivity index (χ1) is 7.07. The fraction of sp³-hybridized carbons (Fsp3) is 0.545. The Hall–Kier alpha value is -1.29. The van der Waals surface area contributed by atoms with Gasteiger partial charge in [-0.1, -0.05) is 13.8 Å². The zero-order valence-corrected chi connectivity index (χ0v) is 9.40. The average Bonchev–Trinajstić information content (AvgIpc) is 2.69. The van der Waals surface area contributed by atoms with Gasteiger partial charge in [-0.2, -0.15) is 0 Å². The zero-order valence-electron chi connectivity index (χ0n) is 9.40. The van der Waals surface area contributed by atoms with Crippen molar-refractivity contribution in [3.05, 3.63) is 18.3 Å². The van der Waals surface area contributed by atoms with Crippen LogP contribution in [0.3, 0.4) is 0 Å². The van der Waals surface area contributed by atoms with Crippen molar-refractivity contribution in [2.45, 2.75) is 13.8 Å². The molecular formula is C11H18N2O2. The molecule has 1 aromatic heterocycles. The maximum atomic E-state index is 12.0. The van der Waals surface area contributed by atoms with Gasteiger partial charge in [-0.15, -0.1) is 0 Å². The van der Waals surface area contributed by atoms with Crippen molar-refractivity contribution in [3.63, 3.8) is 0 Å². The van der Waals surface area contributed by atoms with Crippen LogP contribution in [0.15, 0.2) is 18.3 Å². The summed E-state index contributed by atoms with van der Waals surface area (Å²) >= 11 is 0. The SMILES string of the molecule is CC(C)C(CO)C(=O)N(C)c1ccc[nH]1. The number of hydrogen-bond donors (Lipinski definition) is 2. The molecule has 1 aromatic rings. The molecule has 0 bridgehead atoms. The van der Waals surface area contributed by atoms with Crippen LogP contribution < -0.4 is 4.90 Å². The number of aliphatic hydroxyl groups excluding tert-OH is 1. The van der Waals surface area contributed by atoms with Crippen molar-refractivity contribution in [2.75, 3.05) is 18.6 Å². The molecule has 0 saturated carbocycles. The number of aromatic amines is 1. The van der Waals surface area contributed by atoms with E-state index in [-0.39, 0.29) is 24.3 Å². The Bertz CT molecular complexity index is 306. The molecule has 1 atom stereocenters. The lowest BCUT2D eigenvalue weighted by Gasteiger charge is -2.23. The van der Waals surface area contributed by atoms with Gasteiger partial charge in [0.2, 0.25) is 5.91 Å². The monoisotopic (exact) mass is 210 g/mol. The largest absolute Gasteiger partial charge is 0.396 e. The summed E-state index contributed by atoms with van der Waals surface area (Å²) < 4.78 is 0. The van der Waals surface area contributed by atoms with E-state index in [0.29, 0.717) is 0 Å². The fourth-order valence-electron chi connectivity index (χ4n) is 1.47. The number of hydrogen-bond acceptors (Lipinski definition) is 2. The lowest BCUT2D eigenvalue weighted by atomic mass is 9.95. The number of carbonyl (C=O) groups is 1. The zero-order chi connectivity index (χ0) is 11.4. The van der Waals surface area contributed by atoms with Gasteiger partial charge in [0, 0.05) is 13.2 Å². The molecule has 0 radical (unpaired) electrons. The average molecular weight is 210 g/mol. The van der Waals surface area contributed by atoms with Crippen molar-refractivity contribution < 1.29 is 9.90 Å². The second-order valence-electron chi connectivity index (χ2n) is 3.99. The molecule has 4 nitrogen and oxygen atoms in total. The summed E-state index contributed by atoms with van der Waals surface area (Å²) in [5, 5.41) is 9.16. The Morgan fingerprint density at radius 2 is 2.27 bits per heavy atom. The van der Waals surface area contributed by atoms with E-state index in [4.69, 9.17) is 5.11 Å². The lowest BCUT2D eigenvalue weighted by molar-refractivity contribution is -0.124. The molecule has 1 unspecified atom stereocenters. The standard InChI is InChI=1S/C11H18N2O2/c1-8(2)9(7-14)11(15)13(3)10-5-4-6-12-10/h4-6,8-9,12,14H,7H2,1-3H3. The van der Waals surface area contributed by atoms with E-state index < -0.39 is 0 Å². The van der Waals surface area contributed by atoms with Crippen LogP contribution in [0.4, 0.5) is 5.82 Å². The van der Waals surface area contributed by atoms with Gasteiger partial charge < -0.3 is 15.0 Å². The molecule has 2 N–H and O–H groups in total. The van der Waals surface area contributed by atoms with Gasteiger partial charge >= 0.3 is 0 Å². The fourth-order valence-corrected chi connectivity index (χ4v) is 1.47. The molecular weight excluding hydrogens is 192 g/mol. The summed E-state index contributed by atoms with van der Waals surface area (Å²) in [7, 11) is 1.71. The number of carbonyl (C=O) groups excluding carboxylic acids is 1. The molecule has 0 spiro atoms. The normalized spacial score (nSPS) is 12.9. The van der Waals surface area contributed by atoms with Crippen LogP contribution in [-0.2, 0) is 4.79 Å². The highest BCUT2D eigenvalue weighted by molar-refractivity contribution is 5.93. The first-order valence-electron chi connectivity index (χ1n) is 5.09. The second kappa shape index (κ2) is 4.98. The van der Waals surface area contributed by atoms with Crippen molar-refractivity contribution in [1.82, 2.24) is 4.98 Å². The Labute approximate surface area is 89.9 Å². The van der Waals surface area contributed by atoms with Crippen LogP contribution in [0, 0.1) is 11.8 Å². The minimum Gasteiger partial charge on any atom is -0.396 e. The summed E-state index contributed by atoms with van der Waals surface area (Å²) in [5.74, 6) is 0.493. The van der Waals surface area contributed by atoms with Gasteiger partial charge in [0.25, 0.3) is 0 Å². The van der Waals surface area contributed by atoms with E-state index in [2.05, 4.69) is 4.98 Å². The van der Waals surface area contributed by atoms with E-state index in [1.165, 1.54) is 0 Å². The van der Waals surface area contributed by atoms with Gasteiger partial charge in [-0.05, 0) is 18.1 Å². The third kappa shape index (κ3) is 2.59. The highest BCUT2D eigenvalue weighted by Crippen LogP contribution is 2.17. The maximum Gasteiger partial charge on any atom is 0.233 e. The number of anilines is 1. The summed E-state index contributed by atoms with van der Waals surface area (Å²) in [6, 6.07) is 3.66. The smallest absolute Gasteiger partial charge is 0.233 e. The number of amides is 1. The summed E-state index contributed by atoms with van der Waals surface area (Å²) in [6.07, 6.45) is 1.77. The number of H-pyrrole nitrogens is 1. The molecule has 0 aliphatic heterocycles. The molecule has 1 amide bonds. The minimum absolute atomic E-state index is 0.0602. The molecule has 0 saturated heterocycles. The van der Waals surface area contributed by atoms with Gasteiger partial charge in [0.15, 0.2) is 0 Å². The van der Waals surface area contributed by atoms with Crippen LogP contribution in [0.25, 0.3) is 0 Å². The molecule has 1 heterocycles. The molecule has 15 heavy (non-hydrogen) atoms. The van der Waals surface area contributed by atoms with E-state index in [1.807, 2.05) is 26.0 Å². The van der Waals surface area contributed by atoms with Gasteiger partial charge in [-0.25, -0.2) is 0 Å². The summed E-state index contributed by atoms with van der Waals surface area (Å²) in [4.78, 5) is 16.5. The number of aromatic nitrogens is 1. The first kappa shape index (κ1) is 11.8. The highest BCUT2D eigenvalue weighted by atomic mass is 16.3. The van der Waals surface area contributed by atoms with E-state index in [0.717, 1.165) is 5.82 Å². The number of nitrogens with zero attached hydrogens (tertiary/aromatic N) is 1. The predicted molar refractivity (Wildman–Crippen MR) is 59.6 cm³/mol. The van der Waals surface area contributed by atoms with E-state index in [9.17, 15) is 4.79 Å². The first-order valence-corrected chi connectivity index (χ1v) is 5.09. The van der Waals surface area contributed by atoms with E-state index in [1.54, 1.807) is 18.1 Å². The minimum atomic E-state index is -0.335. The molecule has 1 rings (SSSR count). The molecule has 84 valence electrons. The topological polar surface area (TPSA) is 56.3 Å². The maximum absolute atomic E-state index is 12.0. The van der Waals surface area contributed by atoms with Crippen LogP contribution in [0.2, 0.25) is 0 Å². The van der Waals surface area contributed by atoms with Crippen LogP contribution in [0.1, 0.15) is 13.8 Å². The summed E-state index contributed by atoms with van der Waals surface area (Å²) in [5.41, 5.74) is 0. The van der Waals surface area contributed by atoms with Gasteiger partial charge in [0.05, 0.1) is 12.5 Å². The third-order valence-corrected chi connectivity index (χ3v) is 2.59. The van der Waals surface area contributed by atoms with Crippen LogP contribution in [0.5, 0.6) is 0 Å². The van der Waals surface area contributed by atoms with Gasteiger partial charge in [-0.3, -0.25) is 4.79 Å². The second-order valence-corrected chi connectivity index (χ2v) is 3.99. The van der Waals surface area contributed by atoms with Gasteiger partial charge in [0.1, 0.15) is 5.82 Å². The molecule has 0 aromatic carbocycles. The van der Waals surface area contributed by atoms with Crippen molar-refractivity contribution >= 4 is 11.7 Å². The molecule has 4 heteroatoms. The Morgan fingerprint density at radius 1 is 1.60 bits per heavy atom. The highest BCUT2D eigenvalue weighted by Gasteiger charge is 2.25. The molecule has 0 fully saturated rings. The quantitative estimate of drug-likeness (QED) is 0.785. The Balaban J connectivity index is 2.75. The third-order valence-electron chi connectivity index (χ3n) is 2.59. The summed E-state index contributed by atoms with van der Waals surface area (Å²) in [6.45, 7) is 3.75. The lowest BCUT2D eigenvalue weighted by Crippen LogP contribution is -2.37. The predicted octanol–water partition coefficient (Wildman–Crippen LogP) is 1.24. The molecule has 0 aliphatic rings. The number of aliphatic hydroxyl groups is 1. The number of rotatable bonds is 4. The van der Waals surface area contributed by atoms with Crippen molar-refractivity contribution in [3.8, 4) is 0 Å². The van der Waals surface area contributed by atoms with Crippen LogP contribution >= 0.6 is 0 Å².